The van der Waals surface area contributed by atoms with Crippen LogP contribution in [0, 0.1) is 5.92 Å². The topological polar surface area (TPSA) is 61.9 Å². The van der Waals surface area contributed by atoms with Crippen LogP contribution in [0.3, 0.4) is 0 Å². The molecule has 6 heteroatoms. The largest absolute Gasteiger partial charge is 0.376 e. The minimum atomic E-state index is -0.840. The summed E-state index contributed by atoms with van der Waals surface area (Å²) in [5, 5.41) is 3.11. The van der Waals surface area contributed by atoms with Crippen molar-refractivity contribution in [3.05, 3.63) is 29.8 Å². The molecule has 4 aliphatic heterocycles. The molecule has 0 aromatic heterocycles. The van der Waals surface area contributed by atoms with E-state index in [1.54, 1.807) is 4.90 Å². The van der Waals surface area contributed by atoms with Crippen molar-refractivity contribution in [2.75, 3.05) is 31.6 Å². The van der Waals surface area contributed by atoms with Crippen LogP contribution < -0.4 is 10.2 Å². The highest BCUT2D eigenvalue weighted by atomic mass is 16.5. The first kappa shape index (κ1) is 17.2. The molecule has 5 rings (SSSR count). The number of amides is 2. The summed E-state index contributed by atoms with van der Waals surface area (Å²) in [5.41, 5.74) is 1.10. The first-order valence-corrected chi connectivity index (χ1v) is 10.2. The molecular weight excluding hydrogens is 342 g/mol. The summed E-state index contributed by atoms with van der Waals surface area (Å²) in [7, 11) is 1.83. The average molecular weight is 369 g/mol. The maximum absolute atomic E-state index is 13.6. The second kappa shape index (κ2) is 6.31. The summed E-state index contributed by atoms with van der Waals surface area (Å²) in [6, 6.07) is 8.29. The predicted octanol–water partition coefficient (Wildman–Crippen LogP) is 1.64. The van der Waals surface area contributed by atoms with Crippen molar-refractivity contribution in [2.45, 2.75) is 49.8 Å². The zero-order valence-electron chi connectivity index (χ0n) is 15.8. The molecule has 0 aliphatic carbocycles. The number of nitrogens with one attached hydrogen (secondary N) is 1. The van der Waals surface area contributed by atoms with E-state index in [2.05, 4.69) is 10.2 Å². The number of benzene rings is 1. The van der Waals surface area contributed by atoms with Gasteiger partial charge in [-0.3, -0.25) is 14.5 Å². The molecule has 1 aromatic carbocycles. The number of rotatable bonds is 3. The normalized spacial score (nSPS) is 35.1. The Labute approximate surface area is 159 Å². The van der Waals surface area contributed by atoms with Crippen LogP contribution in [0.2, 0.25) is 0 Å². The van der Waals surface area contributed by atoms with Gasteiger partial charge in [0.05, 0.1) is 12.0 Å². The van der Waals surface area contributed by atoms with E-state index in [1.807, 2.05) is 31.3 Å². The van der Waals surface area contributed by atoms with Gasteiger partial charge in [-0.1, -0.05) is 18.2 Å². The third-order valence-corrected chi connectivity index (χ3v) is 6.99. The van der Waals surface area contributed by atoms with Crippen molar-refractivity contribution in [1.29, 1.82) is 0 Å². The Balaban J connectivity index is 1.51. The molecule has 0 bridgehead atoms. The molecule has 4 aliphatic rings. The standard InChI is InChI=1S/C21H27N3O3/c1-23-18-9-3-2-8-16(18)21(20(23)26)17(12-14-6-4-10-24(14)21)19(25)22-13-15-7-5-11-27-15/h2-3,8-9,14-15,17H,4-7,10-13H2,1H3,(H,22,25). The van der Waals surface area contributed by atoms with Gasteiger partial charge in [0.25, 0.3) is 5.91 Å². The number of hydrogen-bond donors (Lipinski definition) is 1. The van der Waals surface area contributed by atoms with Crippen LogP contribution >= 0.6 is 0 Å². The van der Waals surface area contributed by atoms with E-state index in [0.717, 1.165) is 56.5 Å². The van der Waals surface area contributed by atoms with Crippen molar-refractivity contribution in [1.82, 2.24) is 10.2 Å². The van der Waals surface area contributed by atoms with Crippen molar-refractivity contribution < 1.29 is 14.3 Å². The van der Waals surface area contributed by atoms with E-state index in [1.165, 1.54) is 0 Å². The molecule has 3 fully saturated rings. The van der Waals surface area contributed by atoms with Gasteiger partial charge in [0, 0.05) is 37.5 Å². The summed E-state index contributed by atoms with van der Waals surface area (Å²) >= 11 is 0. The third-order valence-electron chi connectivity index (χ3n) is 6.99. The molecule has 144 valence electrons. The molecule has 4 unspecified atom stereocenters. The minimum absolute atomic E-state index is 0.00152. The van der Waals surface area contributed by atoms with Crippen molar-refractivity contribution >= 4 is 17.5 Å². The maximum atomic E-state index is 13.6. The molecule has 1 N–H and O–H groups in total. The number of ether oxygens (including phenoxy) is 1. The fourth-order valence-corrected chi connectivity index (χ4v) is 5.81. The van der Waals surface area contributed by atoms with E-state index in [-0.39, 0.29) is 23.8 Å². The molecular formula is C21H27N3O3. The molecule has 27 heavy (non-hydrogen) atoms. The highest BCUT2D eigenvalue weighted by Gasteiger charge is 2.66. The Hall–Kier alpha value is -1.92. The molecule has 0 radical (unpaired) electrons. The summed E-state index contributed by atoms with van der Waals surface area (Å²) in [4.78, 5) is 30.9. The van der Waals surface area contributed by atoms with Crippen LogP contribution in [0.15, 0.2) is 24.3 Å². The Morgan fingerprint density at radius 3 is 2.96 bits per heavy atom. The lowest BCUT2D eigenvalue weighted by atomic mass is 9.78. The van der Waals surface area contributed by atoms with Gasteiger partial charge < -0.3 is 15.0 Å². The van der Waals surface area contributed by atoms with E-state index >= 15 is 0 Å². The highest BCUT2D eigenvalue weighted by molar-refractivity contribution is 6.10. The molecule has 1 aromatic rings. The van der Waals surface area contributed by atoms with Gasteiger partial charge in [-0.2, -0.15) is 0 Å². The van der Waals surface area contributed by atoms with E-state index in [0.29, 0.717) is 12.6 Å². The van der Waals surface area contributed by atoms with Crippen molar-refractivity contribution in [3.8, 4) is 0 Å². The number of fused-ring (bicyclic) bond motifs is 4. The Morgan fingerprint density at radius 1 is 1.30 bits per heavy atom. The Bertz CT molecular complexity index is 776. The first-order valence-electron chi connectivity index (χ1n) is 10.2. The van der Waals surface area contributed by atoms with Crippen LogP contribution in [0.1, 0.15) is 37.7 Å². The van der Waals surface area contributed by atoms with Crippen molar-refractivity contribution in [2.24, 2.45) is 5.92 Å². The summed E-state index contributed by atoms with van der Waals surface area (Å²) in [6.45, 7) is 2.20. The Morgan fingerprint density at radius 2 is 2.15 bits per heavy atom. The van der Waals surface area contributed by atoms with Gasteiger partial charge in [-0.05, 0) is 44.7 Å². The first-order chi connectivity index (χ1) is 13.1. The lowest BCUT2D eigenvalue weighted by molar-refractivity contribution is -0.138. The SMILES string of the molecule is CN1C(=O)C2(c3ccccc31)C(C(=O)NCC1CCCO1)CC1CCCN12. The van der Waals surface area contributed by atoms with Crippen LogP contribution in [-0.2, 0) is 19.9 Å². The predicted molar refractivity (Wildman–Crippen MR) is 101 cm³/mol. The summed E-state index contributed by atoms with van der Waals surface area (Å²) in [5.74, 6) is -0.300. The molecule has 2 amide bonds. The second-order valence-electron chi connectivity index (χ2n) is 8.31. The van der Waals surface area contributed by atoms with Gasteiger partial charge in [0.2, 0.25) is 5.91 Å². The number of carbonyl (C=O) groups is 2. The second-order valence-corrected chi connectivity index (χ2v) is 8.31. The fraction of sp³-hybridized carbons (Fsp3) is 0.619. The van der Waals surface area contributed by atoms with Gasteiger partial charge in [0.15, 0.2) is 0 Å². The number of hydrogen-bond acceptors (Lipinski definition) is 4. The zero-order valence-corrected chi connectivity index (χ0v) is 15.8. The molecule has 6 nitrogen and oxygen atoms in total. The third kappa shape index (κ3) is 2.32. The molecule has 4 atom stereocenters. The Kier molecular flexibility index (Phi) is 4.02. The number of carbonyl (C=O) groups excluding carboxylic acids is 2. The van der Waals surface area contributed by atoms with Gasteiger partial charge in [-0.25, -0.2) is 0 Å². The van der Waals surface area contributed by atoms with Crippen LogP contribution in [-0.4, -0.2) is 55.6 Å². The number of nitrogens with zero attached hydrogens (tertiary/aromatic N) is 2. The highest BCUT2D eigenvalue weighted by Crippen LogP contribution is 2.56. The van der Waals surface area contributed by atoms with E-state index < -0.39 is 5.54 Å². The van der Waals surface area contributed by atoms with Crippen LogP contribution in [0.4, 0.5) is 5.69 Å². The lowest BCUT2D eigenvalue weighted by Crippen LogP contribution is -2.56. The molecule has 1 spiro atoms. The van der Waals surface area contributed by atoms with E-state index in [4.69, 9.17) is 4.74 Å². The van der Waals surface area contributed by atoms with Gasteiger partial charge in [0.1, 0.15) is 5.54 Å². The maximum Gasteiger partial charge on any atom is 0.252 e. The zero-order chi connectivity index (χ0) is 18.6. The number of anilines is 1. The van der Waals surface area contributed by atoms with Crippen LogP contribution in [0.5, 0.6) is 0 Å². The van der Waals surface area contributed by atoms with Crippen molar-refractivity contribution in [3.63, 3.8) is 0 Å². The smallest absolute Gasteiger partial charge is 0.252 e. The lowest BCUT2D eigenvalue weighted by Gasteiger charge is -2.37. The van der Waals surface area contributed by atoms with Gasteiger partial charge in [-0.15, -0.1) is 0 Å². The van der Waals surface area contributed by atoms with E-state index in [9.17, 15) is 9.59 Å². The van der Waals surface area contributed by atoms with Crippen LogP contribution in [0.25, 0.3) is 0 Å². The molecule has 3 saturated heterocycles. The number of likely N-dealkylation sites (N-methyl/N-ethyl adjacent to an activating group) is 1. The molecule has 4 heterocycles. The minimum Gasteiger partial charge on any atom is -0.376 e. The summed E-state index contributed by atoms with van der Waals surface area (Å²) in [6.07, 6.45) is 5.08. The fourth-order valence-electron chi connectivity index (χ4n) is 5.81. The monoisotopic (exact) mass is 369 g/mol. The summed E-state index contributed by atoms with van der Waals surface area (Å²) < 4.78 is 5.65. The average Bonchev–Trinajstić information content (AvgIpc) is 3.44. The number of para-hydroxylation sites is 1. The quantitative estimate of drug-likeness (QED) is 0.880. The molecule has 0 saturated carbocycles. The van der Waals surface area contributed by atoms with Gasteiger partial charge >= 0.3 is 0 Å².